The molecular formula is C19H25N5O. The van der Waals surface area contributed by atoms with E-state index in [9.17, 15) is 4.79 Å². The molecule has 0 radical (unpaired) electrons. The van der Waals surface area contributed by atoms with Crippen molar-refractivity contribution < 1.29 is 4.79 Å². The largest absolute Gasteiger partial charge is 0.371 e. The predicted molar refractivity (Wildman–Crippen MR) is 97.8 cm³/mol. The molecule has 0 spiro atoms. The summed E-state index contributed by atoms with van der Waals surface area (Å²) in [5, 5.41) is 10.7. The first-order valence-corrected chi connectivity index (χ1v) is 9.08. The molecule has 2 aliphatic heterocycles. The monoisotopic (exact) mass is 339 g/mol. The Balaban J connectivity index is 1.40. The summed E-state index contributed by atoms with van der Waals surface area (Å²) in [4.78, 5) is 17.2. The zero-order valence-electron chi connectivity index (χ0n) is 14.7. The van der Waals surface area contributed by atoms with Crippen molar-refractivity contribution in [2.45, 2.75) is 31.8 Å². The second-order valence-corrected chi connectivity index (χ2v) is 6.93. The molecule has 2 aromatic rings. The van der Waals surface area contributed by atoms with Gasteiger partial charge in [0.15, 0.2) is 5.69 Å². The quantitative estimate of drug-likeness (QED) is 0.895. The predicted octanol–water partition coefficient (Wildman–Crippen LogP) is 1.80. The lowest BCUT2D eigenvalue weighted by atomic mass is 10.0. The molecule has 4 rings (SSSR count). The first kappa shape index (κ1) is 16.1. The highest BCUT2D eigenvalue weighted by atomic mass is 16.2. The van der Waals surface area contributed by atoms with Gasteiger partial charge in [0.25, 0.3) is 5.91 Å². The minimum Gasteiger partial charge on any atom is -0.371 e. The van der Waals surface area contributed by atoms with E-state index in [2.05, 4.69) is 51.7 Å². The third kappa shape index (κ3) is 3.14. The van der Waals surface area contributed by atoms with Gasteiger partial charge in [-0.15, -0.1) is 0 Å². The third-order valence-corrected chi connectivity index (χ3v) is 5.47. The van der Waals surface area contributed by atoms with Gasteiger partial charge in [0.05, 0.1) is 0 Å². The number of anilines is 1. The van der Waals surface area contributed by atoms with E-state index in [-0.39, 0.29) is 5.91 Å². The first-order chi connectivity index (χ1) is 12.2. The Labute approximate surface area is 148 Å². The second kappa shape index (κ2) is 6.88. The SMILES string of the molecule is CN(c1ccccc1)C1CCN(C(=O)c2n[nH]c3c2CNCC3)CC1. The topological polar surface area (TPSA) is 64.3 Å². The van der Waals surface area contributed by atoms with Gasteiger partial charge >= 0.3 is 0 Å². The fourth-order valence-corrected chi connectivity index (χ4v) is 3.88. The third-order valence-electron chi connectivity index (χ3n) is 5.47. The molecule has 3 heterocycles. The van der Waals surface area contributed by atoms with E-state index in [0.717, 1.165) is 56.7 Å². The van der Waals surface area contributed by atoms with Gasteiger partial charge in [0, 0.05) is 62.6 Å². The summed E-state index contributed by atoms with van der Waals surface area (Å²) in [5.41, 5.74) is 4.01. The number of likely N-dealkylation sites (tertiary alicyclic amines) is 1. The summed E-state index contributed by atoms with van der Waals surface area (Å²) >= 11 is 0. The highest BCUT2D eigenvalue weighted by Crippen LogP contribution is 2.24. The van der Waals surface area contributed by atoms with Gasteiger partial charge in [0.2, 0.25) is 0 Å². The van der Waals surface area contributed by atoms with Crippen LogP contribution in [-0.4, -0.2) is 53.7 Å². The fraction of sp³-hybridized carbons (Fsp3) is 0.474. The molecule has 0 saturated carbocycles. The molecule has 25 heavy (non-hydrogen) atoms. The van der Waals surface area contributed by atoms with Gasteiger partial charge in [-0.2, -0.15) is 5.10 Å². The number of aromatic nitrogens is 2. The number of H-pyrrole nitrogens is 1. The van der Waals surface area contributed by atoms with E-state index in [4.69, 9.17) is 0 Å². The van der Waals surface area contributed by atoms with Crippen LogP contribution in [0.3, 0.4) is 0 Å². The van der Waals surface area contributed by atoms with E-state index >= 15 is 0 Å². The summed E-state index contributed by atoms with van der Waals surface area (Å²) in [6, 6.07) is 10.9. The van der Waals surface area contributed by atoms with Crippen LogP contribution < -0.4 is 10.2 Å². The maximum absolute atomic E-state index is 12.9. The van der Waals surface area contributed by atoms with Crippen molar-refractivity contribution in [2.75, 3.05) is 31.6 Å². The zero-order valence-corrected chi connectivity index (χ0v) is 14.7. The van der Waals surface area contributed by atoms with Crippen LogP contribution in [0.15, 0.2) is 30.3 Å². The van der Waals surface area contributed by atoms with E-state index < -0.39 is 0 Å². The number of amides is 1. The van der Waals surface area contributed by atoms with Crippen LogP contribution in [0, 0.1) is 0 Å². The molecule has 1 aromatic heterocycles. The van der Waals surface area contributed by atoms with E-state index in [1.807, 2.05) is 11.0 Å². The van der Waals surface area contributed by atoms with Crippen molar-refractivity contribution in [2.24, 2.45) is 0 Å². The van der Waals surface area contributed by atoms with Crippen LogP contribution in [0.25, 0.3) is 0 Å². The fourth-order valence-electron chi connectivity index (χ4n) is 3.88. The number of nitrogens with one attached hydrogen (secondary N) is 2. The van der Waals surface area contributed by atoms with Gasteiger partial charge in [-0.3, -0.25) is 9.89 Å². The zero-order chi connectivity index (χ0) is 17.2. The Morgan fingerprint density at radius 1 is 1.24 bits per heavy atom. The number of piperidine rings is 1. The molecule has 1 saturated heterocycles. The second-order valence-electron chi connectivity index (χ2n) is 6.93. The molecular weight excluding hydrogens is 314 g/mol. The Bertz CT molecular complexity index is 734. The van der Waals surface area contributed by atoms with Crippen molar-refractivity contribution in [1.29, 1.82) is 0 Å². The number of carbonyl (C=O) groups excluding carboxylic acids is 1. The van der Waals surface area contributed by atoms with Gasteiger partial charge in [0.1, 0.15) is 0 Å². The van der Waals surface area contributed by atoms with Crippen molar-refractivity contribution in [3.8, 4) is 0 Å². The normalized spacial score (nSPS) is 18.0. The van der Waals surface area contributed by atoms with Gasteiger partial charge in [-0.1, -0.05) is 18.2 Å². The molecule has 1 aromatic carbocycles. The minimum atomic E-state index is 0.0713. The number of hydrogen-bond donors (Lipinski definition) is 2. The average Bonchev–Trinajstić information content (AvgIpc) is 3.12. The Kier molecular flexibility index (Phi) is 4.44. The number of nitrogens with zero attached hydrogens (tertiary/aromatic N) is 3. The maximum atomic E-state index is 12.9. The molecule has 0 aliphatic carbocycles. The molecule has 2 N–H and O–H groups in total. The van der Waals surface area contributed by atoms with Crippen LogP contribution in [-0.2, 0) is 13.0 Å². The molecule has 0 unspecified atom stereocenters. The lowest BCUT2D eigenvalue weighted by Crippen LogP contribution is -2.46. The lowest BCUT2D eigenvalue weighted by molar-refractivity contribution is 0.0706. The number of fused-ring (bicyclic) bond motifs is 1. The van der Waals surface area contributed by atoms with Gasteiger partial charge in [-0.25, -0.2) is 0 Å². The van der Waals surface area contributed by atoms with Gasteiger partial charge < -0.3 is 15.1 Å². The number of benzene rings is 1. The summed E-state index contributed by atoms with van der Waals surface area (Å²) < 4.78 is 0. The first-order valence-electron chi connectivity index (χ1n) is 9.08. The summed E-state index contributed by atoms with van der Waals surface area (Å²) in [6.45, 7) is 3.26. The molecule has 0 bridgehead atoms. The smallest absolute Gasteiger partial charge is 0.274 e. The van der Waals surface area contributed by atoms with Crippen molar-refractivity contribution in [3.05, 3.63) is 47.3 Å². The summed E-state index contributed by atoms with van der Waals surface area (Å²) in [6.07, 6.45) is 2.89. The summed E-state index contributed by atoms with van der Waals surface area (Å²) in [7, 11) is 2.15. The molecule has 1 amide bonds. The number of carbonyl (C=O) groups is 1. The van der Waals surface area contributed by atoms with Crippen LogP contribution in [0.2, 0.25) is 0 Å². The average molecular weight is 339 g/mol. The Morgan fingerprint density at radius 3 is 2.76 bits per heavy atom. The van der Waals surface area contributed by atoms with Crippen molar-refractivity contribution in [1.82, 2.24) is 20.4 Å². The standard InChI is InChI=1S/C19H25N5O/c1-23(14-5-3-2-4-6-14)15-8-11-24(12-9-15)19(25)18-16-13-20-10-7-17(16)21-22-18/h2-6,15,20H,7-13H2,1H3,(H,21,22). The summed E-state index contributed by atoms with van der Waals surface area (Å²) in [5.74, 6) is 0.0713. The minimum absolute atomic E-state index is 0.0713. The number of hydrogen-bond acceptors (Lipinski definition) is 4. The molecule has 6 heteroatoms. The highest BCUT2D eigenvalue weighted by Gasteiger charge is 2.29. The van der Waals surface area contributed by atoms with Crippen LogP contribution in [0.4, 0.5) is 5.69 Å². The molecule has 2 aliphatic rings. The lowest BCUT2D eigenvalue weighted by Gasteiger charge is -2.37. The van der Waals surface area contributed by atoms with E-state index in [0.29, 0.717) is 11.7 Å². The highest BCUT2D eigenvalue weighted by molar-refractivity contribution is 5.94. The van der Waals surface area contributed by atoms with Crippen molar-refractivity contribution >= 4 is 11.6 Å². The van der Waals surface area contributed by atoms with E-state index in [1.165, 1.54) is 5.69 Å². The molecule has 1 fully saturated rings. The van der Waals surface area contributed by atoms with Crippen LogP contribution in [0.5, 0.6) is 0 Å². The number of rotatable bonds is 3. The van der Waals surface area contributed by atoms with Crippen LogP contribution >= 0.6 is 0 Å². The molecule has 6 nitrogen and oxygen atoms in total. The maximum Gasteiger partial charge on any atom is 0.274 e. The number of aromatic amines is 1. The van der Waals surface area contributed by atoms with Crippen molar-refractivity contribution in [3.63, 3.8) is 0 Å². The number of para-hydroxylation sites is 1. The Morgan fingerprint density at radius 2 is 2.00 bits per heavy atom. The van der Waals surface area contributed by atoms with Crippen LogP contribution in [0.1, 0.15) is 34.6 Å². The Hall–Kier alpha value is -2.34. The van der Waals surface area contributed by atoms with Gasteiger partial charge in [-0.05, 0) is 25.0 Å². The molecule has 0 atom stereocenters. The van der Waals surface area contributed by atoms with E-state index in [1.54, 1.807) is 0 Å². The molecule has 132 valence electrons.